The third kappa shape index (κ3) is 1.91. The Morgan fingerprint density at radius 1 is 1.29 bits per heavy atom. The first-order valence-corrected chi connectivity index (χ1v) is 6.78. The lowest BCUT2D eigenvalue weighted by Gasteiger charge is -2.26. The summed E-state index contributed by atoms with van der Waals surface area (Å²) in [5.74, 6) is 0.130. The van der Waals surface area contributed by atoms with Gasteiger partial charge in [0.1, 0.15) is 4.88 Å². The van der Waals surface area contributed by atoms with Crippen molar-refractivity contribution in [2.45, 2.75) is 6.42 Å². The van der Waals surface area contributed by atoms with Crippen LogP contribution in [0.3, 0.4) is 0 Å². The van der Waals surface area contributed by atoms with Crippen LogP contribution in [0.5, 0.6) is 0 Å². The van der Waals surface area contributed by atoms with Gasteiger partial charge in [-0.05, 0) is 0 Å². The number of thiazole rings is 1. The molecular formula is C11H16N4OS. The zero-order valence-electron chi connectivity index (χ0n) is 9.90. The van der Waals surface area contributed by atoms with Gasteiger partial charge in [0.05, 0.1) is 5.69 Å². The zero-order valence-corrected chi connectivity index (χ0v) is 10.7. The van der Waals surface area contributed by atoms with Crippen LogP contribution in [0.15, 0.2) is 0 Å². The molecule has 6 heteroatoms. The first kappa shape index (κ1) is 11.0. The first-order valence-electron chi connectivity index (χ1n) is 5.96. The minimum Gasteiger partial charge on any atom is -0.346 e. The highest BCUT2D eigenvalue weighted by atomic mass is 32.1. The van der Waals surface area contributed by atoms with E-state index in [1.165, 1.54) is 0 Å². The summed E-state index contributed by atoms with van der Waals surface area (Å²) < 4.78 is 0. The van der Waals surface area contributed by atoms with E-state index in [9.17, 15) is 4.79 Å². The van der Waals surface area contributed by atoms with E-state index in [1.807, 2.05) is 7.05 Å². The van der Waals surface area contributed by atoms with Crippen molar-refractivity contribution < 1.29 is 4.79 Å². The SMILES string of the molecule is CN1CCc2nc(N3CCNCC3)sc2C1=O. The molecule has 0 aliphatic carbocycles. The highest BCUT2D eigenvalue weighted by Gasteiger charge is 2.27. The molecular weight excluding hydrogens is 236 g/mol. The minimum absolute atomic E-state index is 0.130. The van der Waals surface area contributed by atoms with Crippen molar-refractivity contribution in [1.82, 2.24) is 15.2 Å². The number of amides is 1. The fourth-order valence-electron chi connectivity index (χ4n) is 2.22. The average molecular weight is 252 g/mol. The number of aromatic nitrogens is 1. The Labute approximate surface area is 104 Å². The molecule has 1 fully saturated rings. The normalized spacial score (nSPS) is 20.6. The van der Waals surface area contributed by atoms with Crippen LogP contribution in [0.1, 0.15) is 15.4 Å². The van der Waals surface area contributed by atoms with Crippen LogP contribution in [-0.4, -0.2) is 55.6 Å². The van der Waals surface area contributed by atoms with Gasteiger partial charge in [0.25, 0.3) is 5.91 Å². The lowest BCUT2D eigenvalue weighted by molar-refractivity contribution is 0.0785. The van der Waals surface area contributed by atoms with E-state index in [1.54, 1.807) is 16.2 Å². The van der Waals surface area contributed by atoms with Crippen LogP contribution < -0.4 is 10.2 Å². The van der Waals surface area contributed by atoms with Crippen molar-refractivity contribution in [1.29, 1.82) is 0 Å². The van der Waals surface area contributed by atoms with Crippen LogP contribution in [0, 0.1) is 0 Å². The highest BCUT2D eigenvalue weighted by molar-refractivity contribution is 7.17. The molecule has 1 N–H and O–H groups in total. The van der Waals surface area contributed by atoms with Crippen molar-refractivity contribution in [3.63, 3.8) is 0 Å². The van der Waals surface area contributed by atoms with E-state index in [2.05, 4.69) is 15.2 Å². The summed E-state index contributed by atoms with van der Waals surface area (Å²) in [5, 5.41) is 4.34. The number of likely N-dealkylation sites (N-methyl/N-ethyl adjacent to an activating group) is 1. The molecule has 3 heterocycles. The van der Waals surface area contributed by atoms with Crippen LogP contribution in [0.4, 0.5) is 5.13 Å². The number of nitrogens with one attached hydrogen (secondary N) is 1. The van der Waals surface area contributed by atoms with Gasteiger partial charge in [-0.2, -0.15) is 0 Å². The Morgan fingerprint density at radius 3 is 2.82 bits per heavy atom. The lowest BCUT2D eigenvalue weighted by atomic mass is 10.2. The number of hydrogen-bond acceptors (Lipinski definition) is 5. The summed E-state index contributed by atoms with van der Waals surface area (Å²) in [7, 11) is 1.86. The Bertz CT molecular complexity index is 439. The third-order valence-electron chi connectivity index (χ3n) is 3.30. The molecule has 2 aliphatic heterocycles. The van der Waals surface area contributed by atoms with E-state index >= 15 is 0 Å². The summed E-state index contributed by atoms with van der Waals surface area (Å²) >= 11 is 1.55. The molecule has 0 unspecified atom stereocenters. The molecule has 17 heavy (non-hydrogen) atoms. The molecule has 0 atom stereocenters. The Hall–Kier alpha value is -1.14. The Kier molecular flexibility index (Phi) is 2.76. The summed E-state index contributed by atoms with van der Waals surface area (Å²) in [6.45, 7) is 4.75. The zero-order chi connectivity index (χ0) is 11.8. The number of fused-ring (bicyclic) bond motifs is 1. The van der Waals surface area contributed by atoms with Gasteiger partial charge in [-0.3, -0.25) is 4.79 Å². The summed E-state index contributed by atoms with van der Waals surface area (Å²) in [6, 6.07) is 0. The van der Waals surface area contributed by atoms with E-state index in [0.29, 0.717) is 0 Å². The molecule has 0 aromatic carbocycles. The van der Waals surface area contributed by atoms with Gasteiger partial charge in [-0.25, -0.2) is 4.98 Å². The number of rotatable bonds is 1. The maximum Gasteiger partial charge on any atom is 0.265 e. The van der Waals surface area contributed by atoms with Crippen molar-refractivity contribution in [2.24, 2.45) is 0 Å². The maximum absolute atomic E-state index is 12.0. The average Bonchev–Trinajstić information content (AvgIpc) is 2.80. The summed E-state index contributed by atoms with van der Waals surface area (Å²) in [5.41, 5.74) is 0.992. The molecule has 0 bridgehead atoms. The quantitative estimate of drug-likeness (QED) is 0.774. The molecule has 3 rings (SSSR count). The number of hydrogen-bond donors (Lipinski definition) is 1. The van der Waals surface area contributed by atoms with Gasteiger partial charge in [0.2, 0.25) is 0 Å². The number of carbonyl (C=O) groups is 1. The van der Waals surface area contributed by atoms with Crippen LogP contribution in [0.2, 0.25) is 0 Å². The minimum atomic E-state index is 0.130. The molecule has 2 aliphatic rings. The fourth-order valence-corrected chi connectivity index (χ4v) is 3.37. The second kappa shape index (κ2) is 4.27. The fraction of sp³-hybridized carbons (Fsp3) is 0.636. The van der Waals surface area contributed by atoms with Gasteiger partial charge in [-0.1, -0.05) is 11.3 Å². The summed E-state index contributed by atoms with van der Waals surface area (Å²) in [4.78, 5) is 21.5. The molecule has 0 radical (unpaired) electrons. The predicted molar refractivity (Wildman–Crippen MR) is 67.9 cm³/mol. The van der Waals surface area contributed by atoms with Gasteiger partial charge >= 0.3 is 0 Å². The molecule has 1 saturated heterocycles. The molecule has 0 saturated carbocycles. The molecule has 5 nitrogen and oxygen atoms in total. The van der Waals surface area contributed by atoms with Crippen LogP contribution in [-0.2, 0) is 6.42 Å². The topological polar surface area (TPSA) is 48.5 Å². The van der Waals surface area contributed by atoms with Crippen molar-refractivity contribution in [3.8, 4) is 0 Å². The lowest BCUT2D eigenvalue weighted by Crippen LogP contribution is -2.43. The standard InChI is InChI=1S/C11H16N4OS/c1-14-5-2-8-9(10(14)16)17-11(13-8)15-6-3-12-4-7-15/h12H,2-7H2,1H3. The van der Waals surface area contributed by atoms with Crippen molar-refractivity contribution >= 4 is 22.4 Å². The van der Waals surface area contributed by atoms with E-state index in [-0.39, 0.29) is 5.91 Å². The largest absolute Gasteiger partial charge is 0.346 e. The second-order valence-corrected chi connectivity index (χ2v) is 5.46. The highest BCUT2D eigenvalue weighted by Crippen LogP contribution is 2.30. The molecule has 0 spiro atoms. The smallest absolute Gasteiger partial charge is 0.265 e. The molecule has 1 aromatic heterocycles. The van der Waals surface area contributed by atoms with E-state index in [0.717, 1.165) is 54.8 Å². The summed E-state index contributed by atoms with van der Waals surface area (Å²) in [6.07, 6.45) is 0.889. The third-order valence-corrected chi connectivity index (χ3v) is 4.44. The number of anilines is 1. The van der Waals surface area contributed by atoms with Crippen LogP contribution in [0.25, 0.3) is 0 Å². The van der Waals surface area contributed by atoms with Crippen molar-refractivity contribution in [3.05, 3.63) is 10.6 Å². The van der Waals surface area contributed by atoms with Gasteiger partial charge in [-0.15, -0.1) is 0 Å². The molecule has 1 aromatic rings. The number of nitrogens with zero attached hydrogens (tertiary/aromatic N) is 3. The molecule has 92 valence electrons. The van der Waals surface area contributed by atoms with Gasteiger partial charge < -0.3 is 15.1 Å². The monoisotopic (exact) mass is 252 g/mol. The Morgan fingerprint density at radius 2 is 2.06 bits per heavy atom. The molecule has 1 amide bonds. The van der Waals surface area contributed by atoms with E-state index in [4.69, 9.17) is 0 Å². The van der Waals surface area contributed by atoms with Crippen LogP contribution >= 0.6 is 11.3 Å². The van der Waals surface area contributed by atoms with Gasteiger partial charge in [0, 0.05) is 46.2 Å². The number of piperazine rings is 1. The predicted octanol–water partition coefficient (Wildman–Crippen LogP) is 0.181. The van der Waals surface area contributed by atoms with Gasteiger partial charge in [0.15, 0.2) is 5.13 Å². The first-order chi connectivity index (χ1) is 8.25. The maximum atomic E-state index is 12.0. The van der Waals surface area contributed by atoms with Crippen molar-refractivity contribution in [2.75, 3.05) is 44.7 Å². The second-order valence-electron chi connectivity index (χ2n) is 4.49. The van der Waals surface area contributed by atoms with E-state index < -0.39 is 0 Å². The number of carbonyl (C=O) groups excluding carboxylic acids is 1. The Balaban J connectivity index is 1.88.